The molecule has 1 aliphatic rings. The van der Waals surface area contributed by atoms with Crippen molar-refractivity contribution >= 4 is 32.7 Å². The van der Waals surface area contributed by atoms with Crippen LogP contribution in [0.4, 0.5) is 14.5 Å². The van der Waals surface area contributed by atoms with E-state index in [1.54, 1.807) is 12.1 Å². The average molecular weight is 420 g/mol. The Kier molecular flexibility index (Phi) is 4.95. The molecule has 0 saturated carbocycles. The number of anilines is 1. The number of sulfonamides is 1. The van der Waals surface area contributed by atoms with Crippen LogP contribution in [0.15, 0.2) is 42.5 Å². The number of para-hydroxylation sites is 1. The SMILES string of the molecule is O=C(NCCS(=O)(=O)N1CCc2ccccc21)c1ccc2nc(C(F)F)[nH]c2c1. The van der Waals surface area contributed by atoms with E-state index in [1.807, 2.05) is 12.1 Å². The molecule has 1 aliphatic heterocycles. The Bertz CT molecular complexity index is 1180. The number of benzene rings is 2. The minimum Gasteiger partial charge on any atom is -0.351 e. The Labute approximate surface area is 165 Å². The molecule has 1 aromatic heterocycles. The fourth-order valence-electron chi connectivity index (χ4n) is 3.38. The number of aromatic nitrogens is 2. The van der Waals surface area contributed by atoms with Crippen LogP contribution in [0.2, 0.25) is 0 Å². The molecule has 0 spiro atoms. The number of nitrogens with zero attached hydrogens (tertiary/aromatic N) is 2. The molecule has 0 fully saturated rings. The van der Waals surface area contributed by atoms with Gasteiger partial charge in [0, 0.05) is 18.7 Å². The van der Waals surface area contributed by atoms with Gasteiger partial charge in [0.2, 0.25) is 10.0 Å². The molecule has 0 radical (unpaired) electrons. The predicted molar refractivity (Wildman–Crippen MR) is 105 cm³/mol. The molecular weight excluding hydrogens is 402 g/mol. The quantitative estimate of drug-likeness (QED) is 0.641. The topological polar surface area (TPSA) is 95.2 Å². The number of imidazole rings is 1. The van der Waals surface area contributed by atoms with E-state index in [-0.39, 0.29) is 17.9 Å². The first kappa shape index (κ1) is 19.3. The Balaban J connectivity index is 1.40. The number of nitrogens with one attached hydrogen (secondary N) is 2. The van der Waals surface area contributed by atoms with E-state index in [1.165, 1.54) is 22.5 Å². The maximum atomic E-state index is 12.7. The van der Waals surface area contributed by atoms with Gasteiger partial charge in [0.15, 0.2) is 5.82 Å². The second-order valence-corrected chi connectivity index (χ2v) is 8.69. The van der Waals surface area contributed by atoms with E-state index < -0.39 is 28.2 Å². The van der Waals surface area contributed by atoms with Gasteiger partial charge in [0.05, 0.1) is 22.5 Å². The van der Waals surface area contributed by atoms with E-state index in [4.69, 9.17) is 0 Å². The van der Waals surface area contributed by atoms with Gasteiger partial charge in [0.25, 0.3) is 12.3 Å². The molecule has 2 aromatic carbocycles. The number of halogens is 2. The summed E-state index contributed by atoms with van der Waals surface area (Å²) in [7, 11) is -3.57. The number of aromatic amines is 1. The van der Waals surface area contributed by atoms with Gasteiger partial charge in [-0.3, -0.25) is 9.10 Å². The van der Waals surface area contributed by atoms with Crippen LogP contribution in [-0.4, -0.2) is 43.1 Å². The number of rotatable bonds is 6. The lowest BCUT2D eigenvalue weighted by Crippen LogP contribution is -2.37. The zero-order valence-corrected chi connectivity index (χ0v) is 16.0. The first-order chi connectivity index (χ1) is 13.8. The molecule has 0 aliphatic carbocycles. The lowest BCUT2D eigenvalue weighted by Gasteiger charge is -2.19. The number of carbonyl (C=O) groups is 1. The molecule has 4 rings (SSSR count). The third-order valence-corrected chi connectivity index (χ3v) is 6.57. The number of carbonyl (C=O) groups excluding carboxylic acids is 1. The van der Waals surface area contributed by atoms with Gasteiger partial charge >= 0.3 is 0 Å². The normalized spacial score (nSPS) is 13.8. The molecule has 0 saturated heterocycles. The van der Waals surface area contributed by atoms with Gasteiger partial charge in [-0.05, 0) is 36.2 Å². The minimum atomic E-state index is -3.57. The Hall–Kier alpha value is -3.01. The highest BCUT2D eigenvalue weighted by atomic mass is 32.2. The van der Waals surface area contributed by atoms with Gasteiger partial charge in [-0.15, -0.1) is 0 Å². The van der Waals surface area contributed by atoms with Gasteiger partial charge in [-0.1, -0.05) is 18.2 Å². The second-order valence-electron chi connectivity index (χ2n) is 6.68. The zero-order chi connectivity index (χ0) is 20.6. The summed E-state index contributed by atoms with van der Waals surface area (Å²) in [6.45, 7) is 0.321. The van der Waals surface area contributed by atoms with Crippen molar-refractivity contribution in [2.24, 2.45) is 0 Å². The maximum Gasteiger partial charge on any atom is 0.295 e. The number of alkyl halides is 2. The molecule has 2 heterocycles. The fourth-order valence-corrected chi connectivity index (χ4v) is 4.80. The summed E-state index contributed by atoms with van der Waals surface area (Å²) in [6, 6.07) is 11.7. The Morgan fingerprint density at radius 3 is 2.83 bits per heavy atom. The molecule has 0 bridgehead atoms. The van der Waals surface area contributed by atoms with Crippen LogP contribution in [0.5, 0.6) is 0 Å². The van der Waals surface area contributed by atoms with E-state index in [0.717, 1.165) is 5.56 Å². The number of H-pyrrole nitrogens is 1. The summed E-state index contributed by atoms with van der Waals surface area (Å²) in [6.07, 6.45) is -2.08. The minimum absolute atomic E-state index is 0.0663. The lowest BCUT2D eigenvalue weighted by molar-refractivity contribution is 0.0956. The van der Waals surface area contributed by atoms with Crippen molar-refractivity contribution in [3.05, 3.63) is 59.4 Å². The number of hydrogen-bond acceptors (Lipinski definition) is 4. The van der Waals surface area contributed by atoms with Crippen LogP contribution in [0.3, 0.4) is 0 Å². The van der Waals surface area contributed by atoms with Gasteiger partial charge < -0.3 is 10.3 Å². The lowest BCUT2D eigenvalue weighted by atomic mass is 10.2. The molecule has 0 atom stereocenters. The molecule has 3 aromatic rings. The standard InChI is InChI=1S/C19H18F2N4O3S/c20-17(21)18-23-14-6-5-13(11-15(14)24-18)19(26)22-8-10-29(27,28)25-9-7-12-3-1-2-4-16(12)25/h1-6,11,17H,7-10H2,(H,22,26)(H,23,24). The molecule has 29 heavy (non-hydrogen) atoms. The van der Waals surface area contributed by atoms with Crippen molar-refractivity contribution in [3.8, 4) is 0 Å². The highest BCUT2D eigenvalue weighted by Gasteiger charge is 2.28. The van der Waals surface area contributed by atoms with Crippen molar-refractivity contribution in [2.75, 3.05) is 23.1 Å². The molecule has 7 nitrogen and oxygen atoms in total. The van der Waals surface area contributed by atoms with E-state index >= 15 is 0 Å². The van der Waals surface area contributed by atoms with E-state index in [9.17, 15) is 22.0 Å². The molecule has 1 amide bonds. The number of amides is 1. The first-order valence-corrected chi connectivity index (χ1v) is 10.6. The Morgan fingerprint density at radius 2 is 2.03 bits per heavy atom. The maximum absolute atomic E-state index is 12.7. The summed E-state index contributed by atoms with van der Waals surface area (Å²) >= 11 is 0. The first-order valence-electron chi connectivity index (χ1n) is 8.99. The molecule has 2 N–H and O–H groups in total. The fraction of sp³-hybridized carbons (Fsp3) is 0.263. The summed E-state index contributed by atoms with van der Waals surface area (Å²) in [5.74, 6) is -1.19. The van der Waals surface area contributed by atoms with Crippen molar-refractivity contribution in [2.45, 2.75) is 12.8 Å². The van der Waals surface area contributed by atoms with Crippen LogP contribution < -0.4 is 9.62 Å². The summed E-state index contributed by atoms with van der Waals surface area (Å²) < 4.78 is 52.1. The monoisotopic (exact) mass is 420 g/mol. The molecule has 152 valence electrons. The molecular formula is C19H18F2N4O3S. The van der Waals surface area contributed by atoms with Crippen LogP contribution in [0.25, 0.3) is 11.0 Å². The van der Waals surface area contributed by atoms with Gasteiger partial charge in [-0.25, -0.2) is 22.2 Å². The van der Waals surface area contributed by atoms with Crippen LogP contribution in [0, 0.1) is 0 Å². The van der Waals surface area contributed by atoms with E-state index in [0.29, 0.717) is 29.7 Å². The highest BCUT2D eigenvalue weighted by Crippen LogP contribution is 2.29. The third-order valence-electron chi connectivity index (χ3n) is 4.79. The second kappa shape index (κ2) is 7.43. The van der Waals surface area contributed by atoms with Crippen LogP contribution >= 0.6 is 0 Å². The zero-order valence-electron chi connectivity index (χ0n) is 15.2. The van der Waals surface area contributed by atoms with Crippen molar-refractivity contribution in [1.82, 2.24) is 15.3 Å². The smallest absolute Gasteiger partial charge is 0.295 e. The van der Waals surface area contributed by atoms with Gasteiger partial charge in [0.1, 0.15) is 0 Å². The van der Waals surface area contributed by atoms with Crippen molar-refractivity contribution in [1.29, 1.82) is 0 Å². The third kappa shape index (κ3) is 3.80. The molecule has 10 heteroatoms. The average Bonchev–Trinajstić information content (AvgIpc) is 3.31. The van der Waals surface area contributed by atoms with Crippen molar-refractivity contribution in [3.63, 3.8) is 0 Å². The van der Waals surface area contributed by atoms with Crippen LogP contribution in [-0.2, 0) is 16.4 Å². The van der Waals surface area contributed by atoms with Crippen LogP contribution in [0.1, 0.15) is 28.2 Å². The largest absolute Gasteiger partial charge is 0.351 e. The van der Waals surface area contributed by atoms with Gasteiger partial charge in [-0.2, -0.15) is 0 Å². The number of fused-ring (bicyclic) bond motifs is 2. The summed E-state index contributed by atoms with van der Waals surface area (Å²) in [5, 5.41) is 2.57. The van der Waals surface area contributed by atoms with E-state index in [2.05, 4.69) is 15.3 Å². The number of hydrogen-bond donors (Lipinski definition) is 2. The van der Waals surface area contributed by atoms with Crippen molar-refractivity contribution < 1.29 is 22.0 Å². The molecule has 0 unspecified atom stereocenters. The predicted octanol–water partition coefficient (Wildman–Crippen LogP) is 2.62. The highest BCUT2D eigenvalue weighted by molar-refractivity contribution is 7.92. The summed E-state index contributed by atoms with van der Waals surface area (Å²) in [5.41, 5.74) is 2.53. The Morgan fingerprint density at radius 1 is 1.24 bits per heavy atom. The summed E-state index contributed by atoms with van der Waals surface area (Å²) in [4.78, 5) is 18.6.